The molecule has 0 saturated carbocycles. The third-order valence-corrected chi connectivity index (χ3v) is 2.13. The molecular formula is C8H11NO4. The summed E-state index contributed by atoms with van der Waals surface area (Å²) < 4.78 is 4.25. The number of hydrogen-bond donors (Lipinski definition) is 0. The number of carbonyl (C=O) groups is 3. The fourth-order valence-electron chi connectivity index (χ4n) is 1.31. The number of nitrogens with zero attached hydrogens (tertiary/aromatic N) is 1. The summed E-state index contributed by atoms with van der Waals surface area (Å²) in [5.41, 5.74) is 0. The van der Waals surface area contributed by atoms with E-state index in [4.69, 9.17) is 0 Å². The highest BCUT2D eigenvalue weighted by molar-refractivity contribution is 6.38. The first-order valence-electron chi connectivity index (χ1n) is 3.95. The SMILES string of the molecule is COC(=O)C(=O)C1CCN(C)C1=O. The first kappa shape index (κ1) is 9.70. The highest BCUT2D eigenvalue weighted by Crippen LogP contribution is 2.17. The molecule has 0 bridgehead atoms. The summed E-state index contributed by atoms with van der Waals surface area (Å²) in [4.78, 5) is 34.7. The number of methoxy groups -OCH3 is 1. The van der Waals surface area contributed by atoms with Crippen molar-refractivity contribution in [2.45, 2.75) is 6.42 Å². The van der Waals surface area contributed by atoms with Crippen molar-refractivity contribution in [2.75, 3.05) is 20.7 Å². The van der Waals surface area contributed by atoms with Gasteiger partial charge in [0.15, 0.2) is 0 Å². The monoisotopic (exact) mass is 185 g/mol. The van der Waals surface area contributed by atoms with Crippen LogP contribution in [0.5, 0.6) is 0 Å². The quantitative estimate of drug-likeness (QED) is 0.321. The summed E-state index contributed by atoms with van der Waals surface area (Å²) in [7, 11) is 2.73. The summed E-state index contributed by atoms with van der Waals surface area (Å²) in [6.45, 7) is 0.520. The zero-order valence-corrected chi connectivity index (χ0v) is 7.57. The summed E-state index contributed by atoms with van der Waals surface area (Å²) in [6.07, 6.45) is 0.406. The molecule has 1 aliphatic rings. The smallest absolute Gasteiger partial charge is 0.375 e. The number of hydrogen-bond acceptors (Lipinski definition) is 4. The Morgan fingerprint density at radius 3 is 2.54 bits per heavy atom. The highest BCUT2D eigenvalue weighted by atomic mass is 16.5. The topological polar surface area (TPSA) is 63.7 Å². The van der Waals surface area contributed by atoms with Crippen LogP contribution in [0.15, 0.2) is 0 Å². The Morgan fingerprint density at radius 2 is 2.15 bits per heavy atom. The van der Waals surface area contributed by atoms with Gasteiger partial charge in [-0.3, -0.25) is 9.59 Å². The highest BCUT2D eigenvalue weighted by Gasteiger charge is 2.38. The molecule has 5 nitrogen and oxygen atoms in total. The van der Waals surface area contributed by atoms with Crippen molar-refractivity contribution in [2.24, 2.45) is 5.92 Å². The number of amides is 1. The average molecular weight is 185 g/mol. The van der Waals surface area contributed by atoms with Gasteiger partial charge in [-0.2, -0.15) is 0 Å². The lowest BCUT2D eigenvalue weighted by molar-refractivity contribution is -0.155. The van der Waals surface area contributed by atoms with Gasteiger partial charge in [0, 0.05) is 13.6 Å². The van der Waals surface area contributed by atoms with E-state index in [1.165, 1.54) is 4.90 Å². The van der Waals surface area contributed by atoms with E-state index in [2.05, 4.69) is 4.74 Å². The van der Waals surface area contributed by atoms with Crippen LogP contribution in [0.25, 0.3) is 0 Å². The number of rotatable bonds is 2. The van der Waals surface area contributed by atoms with Crippen molar-refractivity contribution in [3.05, 3.63) is 0 Å². The van der Waals surface area contributed by atoms with E-state index in [0.29, 0.717) is 13.0 Å². The van der Waals surface area contributed by atoms with Crippen molar-refractivity contribution in [1.82, 2.24) is 4.90 Å². The van der Waals surface area contributed by atoms with Gasteiger partial charge in [-0.1, -0.05) is 0 Å². The van der Waals surface area contributed by atoms with E-state index in [0.717, 1.165) is 7.11 Å². The molecule has 1 unspecified atom stereocenters. The predicted molar refractivity (Wildman–Crippen MR) is 42.8 cm³/mol. The molecule has 0 aliphatic carbocycles. The van der Waals surface area contributed by atoms with Gasteiger partial charge >= 0.3 is 5.97 Å². The molecule has 1 heterocycles. The summed E-state index contributed by atoms with van der Waals surface area (Å²) in [5.74, 6) is -2.79. The minimum Gasteiger partial charge on any atom is -0.463 e. The second-order valence-corrected chi connectivity index (χ2v) is 2.96. The van der Waals surface area contributed by atoms with Crippen LogP contribution in [0.3, 0.4) is 0 Å². The molecule has 0 aromatic carbocycles. The molecule has 1 aliphatic heterocycles. The van der Waals surface area contributed by atoms with Crippen LogP contribution in [0, 0.1) is 5.92 Å². The Hall–Kier alpha value is -1.39. The minimum absolute atomic E-state index is 0.296. The fourth-order valence-corrected chi connectivity index (χ4v) is 1.31. The average Bonchev–Trinajstić information content (AvgIpc) is 2.45. The van der Waals surface area contributed by atoms with E-state index in [9.17, 15) is 14.4 Å². The number of carbonyl (C=O) groups excluding carboxylic acids is 3. The Bertz CT molecular complexity index is 261. The molecule has 0 aromatic rings. The zero-order valence-electron chi connectivity index (χ0n) is 7.57. The minimum atomic E-state index is -0.936. The Morgan fingerprint density at radius 1 is 1.54 bits per heavy atom. The van der Waals surface area contributed by atoms with Crippen LogP contribution >= 0.6 is 0 Å². The van der Waals surface area contributed by atoms with Gasteiger partial charge in [0.2, 0.25) is 5.91 Å². The van der Waals surface area contributed by atoms with Crippen LogP contribution in [0.4, 0.5) is 0 Å². The van der Waals surface area contributed by atoms with E-state index in [1.807, 2.05) is 0 Å². The molecule has 0 spiro atoms. The van der Waals surface area contributed by atoms with Crippen LogP contribution in [-0.2, 0) is 19.1 Å². The summed E-state index contributed by atoms with van der Waals surface area (Å²) in [5, 5.41) is 0. The van der Waals surface area contributed by atoms with Crippen molar-refractivity contribution in [1.29, 1.82) is 0 Å². The molecule has 1 fully saturated rings. The Kier molecular flexibility index (Phi) is 2.65. The third-order valence-electron chi connectivity index (χ3n) is 2.13. The maximum absolute atomic E-state index is 11.3. The first-order valence-corrected chi connectivity index (χ1v) is 3.95. The van der Waals surface area contributed by atoms with Gasteiger partial charge < -0.3 is 9.64 Å². The van der Waals surface area contributed by atoms with Gasteiger partial charge in [0.05, 0.1) is 7.11 Å². The van der Waals surface area contributed by atoms with E-state index in [-0.39, 0.29) is 5.91 Å². The van der Waals surface area contributed by atoms with Crippen LogP contribution in [0.2, 0.25) is 0 Å². The molecule has 1 rings (SSSR count). The Balaban J connectivity index is 2.69. The molecule has 1 atom stereocenters. The number of ketones is 1. The molecule has 0 aromatic heterocycles. The van der Waals surface area contributed by atoms with Crippen molar-refractivity contribution < 1.29 is 19.1 Å². The normalized spacial score (nSPS) is 21.8. The van der Waals surface area contributed by atoms with Gasteiger partial charge in [-0.15, -0.1) is 0 Å². The zero-order chi connectivity index (χ0) is 10.0. The maximum atomic E-state index is 11.3. The molecule has 1 saturated heterocycles. The fraction of sp³-hybridized carbons (Fsp3) is 0.625. The lowest BCUT2D eigenvalue weighted by atomic mass is 10.0. The maximum Gasteiger partial charge on any atom is 0.375 e. The number of ether oxygens (including phenoxy) is 1. The van der Waals surface area contributed by atoms with Gasteiger partial charge in [0.25, 0.3) is 5.78 Å². The molecule has 72 valence electrons. The van der Waals surface area contributed by atoms with E-state index in [1.54, 1.807) is 7.05 Å². The van der Waals surface area contributed by atoms with Crippen molar-refractivity contribution in [3.8, 4) is 0 Å². The standard InChI is InChI=1S/C8H11NO4/c1-9-4-3-5(7(9)11)6(10)8(12)13-2/h5H,3-4H2,1-2H3. The molecule has 13 heavy (non-hydrogen) atoms. The molecular weight excluding hydrogens is 174 g/mol. The van der Waals surface area contributed by atoms with Crippen LogP contribution in [-0.4, -0.2) is 43.3 Å². The van der Waals surface area contributed by atoms with Crippen molar-refractivity contribution >= 4 is 17.7 Å². The van der Waals surface area contributed by atoms with Gasteiger partial charge in [-0.05, 0) is 6.42 Å². The first-order chi connectivity index (χ1) is 6.07. The van der Waals surface area contributed by atoms with Crippen molar-refractivity contribution in [3.63, 3.8) is 0 Å². The molecule has 1 amide bonds. The number of Topliss-reactive ketones (excluding diaryl/α,β-unsaturated/α-hetero) is 1. The second kappa shape index (κ2) is 3.55. The molecule has 5 heteroatoms. The van der Waals surface area contributed by atoms with Gasteiger partial charge in [0.1, 0.15) is 5.92 Å². The largest absolute Gasteiger partial charge is 0.463 e. The molecule has 0 radical (unpaired) electrons. The third kappa shape index (κ3) is 1.68. The lowest BCUT2D eigenvalue weighted by Crippen LogP contribution is -2.31. The van der Waals surface area contributed by atoms with Crippen LogP contribution < -0.4 is 0 Å². The van der Waals surface area contributed by atoms with E-state index >= 15 is 0 Å². The van der Waals surface area contributed by atoms with E-state index < -0.39 is 17.7 Å². The second-order valence-electron chi connectivity index (χ2n) is 2.96. The van der Waals surface area contributed by atoms with Crippen LogP contribution in [0.1, 0.15) is 6.42 Å². The summed E-state index contributed by atoms with van der Waals surface area (Å²) >= 11 is 0. The predicted octanol–water partition coefficient (Wildman–Crippen LogP) is -0.793. The summed E-state index contributed by atoms with van der Waals surface area (Å²) in [6, 6.07) is 0. The Labute approximate surface area is 75.6 Å². The number of likely N-dealkylation sites (tertiary alicyclic amines) is 1. The molecule has 0 N–H and O–H groups in total. The van der Waals surface area contributed by atoms with Gasteiger partial charge in [-0.25, -0.2) is 4.79 Å². The lowest BCUT2D eigenvalue weighted by Gasteiger charge is -2.07. The number of esters is 1.